The van der Waals surface area contributed by atoms with Crippen molar-refractivity contribution in [3.8, 4) is 22.9 Å². The molecule has 134 valence electrons. The van der Waals surface area contributed by atoms with Crippen molar-refractivity contribution >= 4 is 21.7 Å². The van der Waals surface area contributed by atoms with E-state index in [4.69, 9.17) is 14.2 Å². The van der Waals surface area contributed by atoms with Crippen LogP contribution in [0.5, 0.6) is 17.2 Å². The van der Waals surface area contributed by atoms with Crippen LogP contribution >= 0.6 is 15.9 Å². The number of halogens is 1. The second kappa shape index (κ2) is 7.61. The molecular formula is C19H17BrN2O4. The van der Waals surface area contributed by atoms with Gasteiger partial charge >= 0.3 is 0 Å². The Hall–Kier alpha value is -2.80. The van der Waals surface area contributed by atoms with E-state index < -0.39 is 0 Å². The highest BCUT2D eigenvalue weighted by Gasteiger charge is 2.19. The molecule has 0 N–H and O–H groups in total. The van der Waals surface area contributed by atoms with Crippen LogP contribution in [0.15, 0.2) is 53.3 Å². The number of benzene rings is 2. The fourth-order valence-corrected chi connectivity index (χ4v) is 3.05. The summed E-state index contributed by atoms with van der Waals surface area (Å²) in [4.78, 5) is 12.9. The van der Waals surface area contributed by atoms with Gasteiger partial charge in [-0.2, -0.15) is 5.10 Å². The second-order valence-corrected chi connectivity index (χ2v) is 6.22. The van der Waals surface area contributed by atoms with Crippen LogP contribution in [0.1, 0.15) is 15.9 Å². The molecule has 0 fully saturated rings. The lowest BCUT2D eigenvalue weighted by Crippen LogP contribution is -2.03. The number of methoxy groups -OCH3 is 3. The first kappa shape index (κ1) is 18.0. The second-order valence-electron chi connectivity index (χ2n) is 5.37. The van der Waals surface area contributed by atoms with E-state index in [1.165, 1.54) is 27.5 Å². The topological polar surface area (TPSA) is 62.6 Å². The van der Waals surface area contributed by atoms with Gasteiger partial charge in [0.2, 0.25) is 5.75 Å². The molecule has 0 aliphatic carbocycles. The summed E-state index contributed by atoms with van der Waals surface area (Å²) in [6.07, 6.45) is 3.22. The minimum absolute atomic E-state index is 0.192. The van der Waals surface area contributed by atoms with Crippen molar-refractivity contribution < 1.29 is 19.0 Å². The Morgan fingerprint density at radius 1 is 1.00 bits per heavy atom. The Labute approximate surface area is 159 Å². The first-order chi connectivity index (χ1) is 12.6. The normalized spacial score (nSPS) is 10.5. The van der Waals surface area contributed by atoms with E-state index in [0.717, 1.165) is 10.2 Å². The van der Waals surface area contributed by atoms with Gasteiger partial charge in [0, 0.05) is 16.2 Å². The average Bonchev–Trinajstić information content (AvgIpc) is 3.16. The van der Waals surface area contributed by atoms with Crippen LogP contribution < -0.4 is 14.2 Å². The molecule has 0 amide bonds. The predicted octanol–water partition coefficient (Wildman–Crippen LogP) is 3.89. The van der Waals surface area contributed by atoms with Crippen molar-refractivity contribution in [2.45, 2.75) is 0 Å². The summed E-state index contributed by atoms with van der Waals surface area (Å²) in [5, 5.41) is 4.29. The highest BCUT2D eigenvalue weighted by atomic mass is 79.9. The van der Waals surface area contributed by atoms with E-state index in [1.807, 2.05) is 24.3 Å². The van der Waals surface area contributed by atoms with Gasteiger partial charge in [0.1, 0.15) is 0 Å². The van der Waals surface area contributed by atoms with E-state index >= 15 is 0 Å². The molecule has 2 aromatic carbocycles. The molecule has 0 spiro atoms. The van der Waals surface area contributed by atoms with Crippen molar-refractivity contribution in [2.24, 2.45) is 0 Å². The Morgan fingerprint density at radius 2 is 1.65 bits per heavy atom. The number of para-hydroxylation sites is 1. The molecule has 0 bridgehead atoms. The number of hydrogen-bond donors (Lipinski definition) is 0. The van der Waals surface area contributed by atoms with Gasteiger partial charge in [-0.15, -0.1) is 0 Å². The summed E-state index contributed by atoms with van der Waals surface area (Å²) in [6, 6.07) is 10.9. The van der Waals surface area contributed by atoms with Crippen LogP contribution in [0, 0.1) is 0 Å². The van der Waals surface area contributed by atoms with Crippen molar-refractivity contribution in [1.82, 2.24) is 9.78 Å². The molecule has 0 saturated carbocycles. The summed E-state index contributed by atoms with van der Waals surface area (Å²) in [7, 11) is 4.54. The third kappa shape index (κ3) is 3.30. The zero-order valence-electron chi connectivity index (χ0n) is 14.5. The van der Waals surface area contributed by atoms with Crippen LogP contribution in [-0.2, 0) is 0 Å². The van der Waals surface area contributed by atoms with E-state index in [1.54, 1.807) is 23.0 Å². The molecule has 0 atom stereocenters. The third-order valence-electron chi connectivity index (χ3n) is 3.87. The summed E-state index contributed by atoms with van der Waals surface area (Å²) in [5.41, 5.74) is 1.72. The number of hydrogen-bond acceptors (Lipinski definition) is 5. The van der Waals surface area contributed by atoms with Gasteiger partial charge in [-0.3, -0.25) is 4.79 Å². The van der Waals surface area contributed by atoms with Gasteiger partial charge in [-0.05, 0) is 40.2 Å². The predicted molar refractivity (Wildman–Crippen MR) is 101 cm³/mol. The maximum absolute atomic E-state index is 12.9. The lowest BCUT2D eigenvalue weighted by Gasteiger charge is -2.13. The number of aromatic nitrogens is 2. The first-order valence-electron chi connectivity index (χ1n) is 7.73. The zero-order chi connectivity index (χ0) is 18.7. The molecule has 26 heavy (non-hydrogen) atoms. The van der Waals surface area contributed by atoms with E-state index in [0.29, 0.717) is 28.4 Å². The highest BCUT2D eigenvalue weighted by molar-refractivity contribution is 9.10. The quantitative estimate of drug-likeness (QED) is 0.570. The Morgan fingerprint density at radius 3 is 2.23 bits per heavy atom. The molecule has 0 aliphatic rings. The standard InChI is InChI=1S/C19H17BrN2O4/c1-24-16-8-12(9-17(25-2)19(16)26-3)18(23)13-10-21-22(11-13)15-7-5-4-6-14(15)20/h4-11H,1-3H3. The van der Waals surface area contributed by atoms with E-state index in [2.05, 4.69) is 21.0 Å². The first-order valence-corrected chi connectivity index (χ1v) is 8.52. The summed E-state index contributed by atoms with van der Waals surface area (Å²) in [5.74, 6) is 1.10. The van der Waals surface area contributed by atoms with Gasteiger partial charge in [0.05, 0.1) is 38.8 Å². The lowest BCUT2D eigenvalue weighted by atomic mass is 10.1. The Kier molecular flexibility index (Phi) is 5.27. The lowest BCUT2D eigenvalue weighted by molar-refractivity contribution is 0.103. The minimum Gasteiger partial charge on any atom is -0.493 e. The molecule has 1 heterocycles. The number of carbonyl (C=O) groups excluding carboxylic acids is 1. The molecule has 3 aromatic rings. The number of carbonyl (C=O) groups is 1. The number of nitrogens with zero attached hydrogens (tertiary/aromatic N) is 2. The van der Waals surface area contributed by atoms with Crippen LogP contribution in [-0.4, -0.2) is 36.9 Å². The summed E-state index contributed by atoms with van der Waals surface area (Å²) < 4.78 is 18.4. The Balaban J connectivity index is 1.99. The van der Waals surface area contributed by atoms with Crippen LogP contribution in [0.4, 0.5) is 0 Å². The average molecular weight is 417 g/mol. The molecule has 3 rings (SSSR count). The summed E-state index contributed by atoms with van der Waals surface area (Å²) in [6.45, 7) is 0. The number of ether oxygens (including phenoxy) is 3. The van der Waals surface area contributed by atoms with Crippen LogP contribution in [0.2, 0.25) is 0 Å². The van der Waals surface area contributed by atoms with Gasteiger partial charge in [0.15, 0.2) is 17.3 Å². The Bertz CT molecular complexity index is 927. The van der Waals surface area contributed by atoms with E-state index in [9.17, 15) is 4.79 Å². The molecule has 1 aromatic heterocycles. The smallest absolute Gasteiger partial charge is 0.203 e. The largest absolute Gasteiger partial charge is 0.493 e. The van der Waals surface area contributed by atoms with E-state index in [-0.39, 0.29) is 5.78 Å². The van der Waals surface area contributed by atoms with Crippen molar-refractivity contribution in [1.29, 1.82) is 0 Å². The highest BCUT2D eigenvalue weighted by Crippen LogP contribution is 2.38. The van der Waals surface area contributed by atoms with Crippen LogP contribution in [0.3, 0.4) is 0 Å². The van der Waals surface area contributed by atoms with Crippen molar-refractivity contribution in [2.75, 3.05) is 21.3 Å². The molecule has 6 nitrogen and oxygen atoms in total. The number of rotatable bonds is 6. The van der Waals surface area contributed by atoms with Gasteiger partial charge < -0.3 is 14.2 Å². The minimum atomic E-state index is -0.192. The monoisotopic (exact) mass is 416 g/mol. The van der Waals surface area contributed by atoms with Crippen molar-refractivity contribution in [3.05, 3.63) is 64.4 Å². The molecule has 7 heteroatoms. The fraction of sp³-hybridized carbons (Fsp3) is 0.158. The molecular weight excluding hydrogens is 400 g/mol. The van der Waals surface area contributed by atoms with Gasteiger partial charge in [-0.1, -0.05) is 12.1 Å². The maximum Gasteiger partial charge on any atom is 0.203 e. The van der Waals surface area contributed by atoms with Crippen LogP contribution in [0.25, 0.3) is 5.69 Å². The van der Waals surface area contributed by atoms with Gasteiger partial charge in [0.25, 0.3) is 0 Å². The molecule has 0 aliphatic heterocycles. The molecule has 0 saturated heterocycles. The van der Waals surface area contributed by atoms with Crippen molar-refractivity contribution in [3.63, 3.8) is 0 Å². The SMILES string of the molecule is COc1cc(C(=O)c2cnn(-c3ccccc3Br)c2)cc(OC)c1OC. The van der Waals surface area contributed by atoms with Gasteiger partial charge in [-0.25, -0.2) is 4.68 Å². The zero-order valence-corrected chi connectivity index (χ0v) is 16.1. The summed E-state index contributed by atoms with van der Waals surface area (Å²) >= 11 is 3.49. The third-order valence-corrected chi connectivity index (χ3v) is 4.54. The maximum atomic E-state index is 12.9. The fourth-order valence-electron chi connectivity index (χ4n) is 2.59. The number of ketones is 1. The molecule has 0 radical (unpaired) electrons. The molecule has 0 unspecified atom stereocenters.